The third kappa shape index (κ3) is 3.68. The van der Waals surface area contributed by atoms with Gasteiger partial charge in [0.2, 0.25) is 10.0 Å². The van der Waals surface area contributed by atoms with Gasteiger partial charge in [0.1, 0.15) is 4.90 Å². The van der Waals surface area contributed by atoms with Crippen molar-refractivity contribution in [3.8, 4) is 0 Å². The highest BCUT2D eigenvalue weighted by atomic mass is 32.2. The average Bonchev–Trinajstić information content (AvgIpc) is 2.92. The molecule has 0 spiro atoms. The molecular formula is C13H21N3O2S. The summed E-state index contributed by atoms with van der Waals surface area (Å²) < 4.78 is 26.1. The standard InChI is InChI=1S/C13H21N3O2S/c1-14-19(17,18)13-7-3-2-6-12(13)16-10-8-11-5-4-9-15-11/h2-3,6-7,11,14-16H,4-5,8-10H2,1H3/t11-/m1/s1. The molecule has 0 radical (unpaired) electrons. The Morgan fingerprint density at radius 3 is 2.84 bits per heavy atom. The Morgan fingerprint density at radius 2 is 2.16 bits per heavy atom. The molecular weight excluding hydrogens is 262 g/mol. The molecule has 2 rings (SSSR count). The van der Waals surface area contributed by atoms with E-state index in [0.717, 1.165) is 19.5 Å². The maximum atomic E-state index is 11.9. The van der Waals surface area contributed by atoms with Crippen LogP contribution in [0.15, 0.2) is 29.2 Å². The molecule has 3 N–H and O–H groups in total. The van der Waals surface area contributed by atoms with E-state index < -0.39 is 10.0 Å². The van der Waals surface area contributed by atoms with Gasteiger partial charge >= 0.3 is 0 Å². The van der Waals surface area contributed by atoms with Crippen molar-refractivity contribution in [1.29, 1.82) is 0 Å². The fourth-order valence-electron chi connectivity index (χ4n) is 2.34. The Balaban J connectivity index is 1.99. The molecule has 0 bridgehead atoms. The zero-order valence-corrected chi connectivity index (χ0v) is 12.0. The van der Waals surface area contributed by atoms with Crippen molar-refractivity contribution in [3.63, 3.8) is 0 Å². The molecule has 1 fully saturated rings. The van der Waals surface area contributed by atoms with Crippen LogP contribution in [0.25, 0.3) is 0 Å². The molecule has 0 unspecified atom stereocenters. The number of anilines is 1. The van der Waals surface area contributed by atoms with E-state index in [-0.39, 0.29) is 0 Å². The minimum atomic E-state index is -3.41. The normalized spacial score (nSPS) is 19.5. The van der Waals surface area contributed by atoms with Crippen molar-refractivity contribution in [2.45, 2.75) is 30.2 Å². The lowest BCUT2D eigenvalue weighted by Crippen LogP contribution is -2.25. The molecule has 0 amide bonds. The quantitative estimate of drug-likeness (QED) is 0.732. The number of hydrogen-bond donors (Lipinski definition) is 3. The predicted molar refractivity (Wildman–Crippen MR) is 76.8 cm³/mol. The molecule has 1 heterocycles. The van der Waals surface area contributed by atoms with Gasteiger partial charge in [-0.05, 0) is 45.0 Å². The number of para-hydroxylation sites is 1. The zero-order chi connectivity index (χ0) is 13.7. The van der Waals surface area contributed by atoms with Gasteiger partial charge in [0, 0.05) is 12.6 Å². The first-order valence-electron chi connectivity index (χ1n) is 6.63. The summed E-state index contributed by atoms with van der Waals surface area (Å²) in [7, 11) is -1.98. The third-order valence-corrected chi connectivity index (χ3v) is 4.89. The second kappa shape index (κ2) is 6.36. The summed E-state index contributed by atoms with van der Waals surface area (Å²) in [6.45, 7) is 1.86. The van der Waals surface area contributed by atoms with Gasteiger partial charge in [-0.3, -0.25) is 0 Å². The van der Waals surface area contributed by atoms with Crippen LogP contribution in [-0.4, -0.2) is 34.6 Å². The highest BCUT2D eigenvalue weighted by molar-refractivity contribution is 7.89. The van der Waals surface area contributed by atoms with Crippen molar-refractivity contribution in [2.75, 3.05) is 25.5 Å². The molecule has 1 aliphatic rings. The molecule has 0 aliphatic carbocycles. The maximum Gasteiger partial charge on any atom is 0.242 e. The topological polar surface area (TPSA) is 70.2 Å². The maximum absolute atomic E-state index is 11.9. The molecule has 0 aromatic heterocycles. The van der Waals surface area contributed by atoms with E-state index in [1.807, 2.05) is 6.07 Å². The molecule has 1 saturated heterocycles. The lowest BCUT2D eigenvalue weighted by Gasteiger charge is -2.14. The predicted octanol–water partition coefficient (Wildman–Crippen LogP) is 1.15. The van der Waals surface area contributed by atoms with E-state index >= 15 is 0 Å². The van der Waals surface area contributed by atoms with E-state index in [9.17, 15) is 8.42 Å². The molecule has 1 aromatic carbocycles. The second-order valence-corrected chi connectivity index (χ2v) is 6.57. The Hall–Kier alpha value is -1.11. The summed E-state index contributed by atoms with van der Waals surface area (Å²) in [6, 6.07) is 7.54. The van der Waals surface area contributed by atoms with Crippen LogP contribution >= 0.6 is 0 Å². The van der Waals surface area contributed by atoms with Gasteiger partial charge in [-0.1, -0.05) is 12.1 Å². The van der Waals surface area contributed by atoms with E-state index in [1.165, 1.54) is 19.9 Å². The second-order valence-electron chi connectivity index (χ2n) is 4.71. The SMILES string of the molecule is CNS(=O)(=O)c1ccccc1NCC[C@H]1CCCN1. The number of nitrogens with one attached hydrogen (secondary N) is 3. The number of benzene rings is 1. The number of hydrogen-bond acceptors (Lipinski definition) is 4. The van der Waals surface area contributed by atoms with Crippen LogP contribution in [-0.2, 0) is 10.0 Å². The molecule has 5 nitrogen and oxygen atoms in total. The summed E-state index contributed by atoms with van der Waals surface area (Å²) >= 11 is 0. The Bertz CT molecular complexity index is 510. The van der Waals surface area contributed by atoms with Gasteiger partial charge in [-0.15, -0.1) is 0 Å². The smallest absolute Gasteiger partial charge is 0.242 e. The summed E-state index contributed by atoms with van der Waals surface area (Å²) in [5.74, 6) is 0. The Labute approximate surface area is 114 Å². The van der Waals surface area contributed by atoms with Gasteiger partial charge in [0.15, 0.2) is 0 Å². The van der Waals surface area contributed by atoms with E-state index in [0.29, 0.717) is 16.6 Å². The fourth-order valence-corrected chi connectivity index (χ4v) is 3.25. The van der Waals surface area contributed by atoms with Crippen LogP contribution in [0.2, 0.25) is 0 Å². The molecule has 106 valence electrons. The van der Waals surface area contributed by atoms with Gasteiger partial charge in [-0.25, -0.2) is 13.1 Å². The lowest BCUT2D eigenvalue weighted by atomic mass is 10.1. The summed E-state index contributed by atoms with van der Waals surface area (Å²) in [5.41, 5.74) is 0.662. The Morgan fingerprint density at radius 1 is 1.37 bits per heavy atom. The molecule has 1 atom stereocenters. The molecule has 1 aromatic rings. The minimum Gasteiger partial charge on any atom is -0.384 e. The van der Waals surface area contributed by atoms with Gasteiger partial charge in [0.25, 0.3) is 0 Å². The number of sulfonamides is 1. The molecule has 1 aliphatic heterocycles. The van der Waals surface area contributed by atoms with E-state index in [1.54, 1.807) is 18.2 Å². The largest absolute Gasteiger partial charge is 0.384 e. The van der Waals surface area contributed by atoms with Crippen molar-refractivity contribution >= 4 is 15.7 Å². The molecule has 6 heteroatoms. The first-order chi connectivity index (χ1) is 9.13. The van der Waals surface area contributed by atoms with E-state index in [4.69, 9.17) is 0 Å². The first kappa shape index (κ1) is 14.3. The fraction of sp³-hybridized carbons (Fsp3) is 0.538. The highest BCUT2D eigenvalue weighted by Crippen LogP contribution is 2.20. The average molecular weight is 283 g/mol. The van der Waals surface area contributed by atoms with Gasteiger partial charge in [0.05, 0.1) is 5.69 Å². The van der Waals surface area contributed by atoms with E-state index in [2.05, 4.69) is 15.4 Å². The van der Waals surface area contributed by atoms with Crippen molar-refractivity contribution < 1.29 is 8.42 Å². The van der Waals surface area contributed by atoms with Crippen LogP contribution in [0, 0.1) is 0 Å². The van der Waals surface area contributed by atoms with Crippen LogP contribution in [0.3, 0.4) is 0 Å². The van der Waals surface area contributed by atoms with Crippen LogP contribution in [0.5, 0.6) is 0 Å². The minimum absolute atomic E-state index is 0.303. The summed E-state index contributed by atoms with van der Waals surface area (Å²) in [4.78, 5) is 0.303. The van der Waals surface area contributed by atoms with Crippen molar-refractivity contribution in [3.05, 3.63) is 24.3 Å². The lowest BCUT2D eigenvalue weighted by molar-refractivity contribution is 0.573. The van der Waals surface area contributed by atoms with Crippen molar-refractivity contribution in [2.24, 2.45) is 0 Å². The molecule has 19 heavy (non-hydrogen) atoms. The summed E-state index contributed by atoms with van der Waals surface area (Å²) in [5, 5.41) is 6.65. The van der Waals surface area contributed by atoms with Crippen LogP contribution < -0.4 is 15.4 Å². The zero-order valence-electron chi connectivity index (χ0n) is 11.1. The third-order valence-electron chi connectivity index (χ3n) is 3.42. The van der Waals surface area contributed by atoms with Gasteiger partial charge in [-0.2, -0.15) is 0 Å². The number of rotatable bonds is 6. The summed E-state index contributed by atoms with van der Waals surface area (Å²) in [6.07, 6.45) is 3.45. The highest BCUT2D eigenvalue weighted by Gasteiger charge is 2.17. The van der Waals surface area contributed by atoms with Crippen LogP contribution in [0.1, 0.15) is 19.3 Å². The molecule has 0 saturated carbocycles. The van der Waals surface area contributed by atoms with Crippen LogP contribution in [0.4, 0.5) is 5.69 Å². The van der Waals surface area contributed by atoms with Crippen molar-refractivity contribution in [1.82, 2.24) is 10.0 Å². The Kier molecular flexibility index (Phi) is 4.79. The van der Waals surface area contributed by atoms with Gasteiger partial charge < -0.3 is 10.6 Å². The monoisotopic (exact) mass is 283 g/mol. The first-order valence-corrected chi connectivity index (χ1v) is 8.11.